The molecular weight excluding hydrogens is 274 g/mol. The van der Waals surface area contributed by atoms with Crippen LogP contribution in [0.2, 0.25) is 5.02 Å². The SMILES string of the molecule is CCc1ccc(S(=O)(=O)CCCC(N)=O)cc1Cl. The van der Waals surface area contributed by atoms with Gasteiger partial charge in [-0.2, -0.15) is 0 Å². The normalized spacial score (nSPS) is 11.4. The lowest BCUT2D eigenvalue weighted by Crippen LogP contribution is -2.14. The Hall–Kier alpha value is -1.07. The van der Waals surface area contributed by atoms with Gasteiger partial charge in [-0.3, -0.25) is 4.79 Å². The van der Waals surface area contributed by atoms with Crippen LogP contribution in [0.1, 0.15) is 25.3 Å². The van der Waals surface area contributed by atoms with Crippen LogP contribution >= 0.6 is 11.6 Å². The molecule has 1 rings (SSSR count). The predicted molar refractivity (Wildman–Crippen MR) is 71.3 cm³/mol. The molecule has 0 saturated heterocycles. The molecule has 0 saturated carbocycles. The van der Waals surface area contributed by atoms with Crippen molar-refractivity contribution in [3.05, 3.63) is 28.8 Å². The number of halogens is 1. The number of amides is 1. The van der Waals surface area contributed by atoms with E-state index in [0.29, 0.717) is 5.02 Å². The minimum absolute atomic E-state index is 0.0695. The Balaban J connectivity index is 2.85. The van der Waals surface area contributed by atoms with E-state index < -0.39 is 15.7 Å². The minimum atomic E-state index is -3.40. The molecule has 2 N–H and O–H groups in total. The Morgan fingerprint density at radius 3 is 2.56 bits per heavy atom. The first-order chi connectivity index (χ1) is 8.36. The van der Waals surface area contributed by atoms with Crippen molar-refractivity contribution in [2.24, 2.45) is 5.73 Å². The molecule has 1 aromatic carbocycles. The molecule has 0 aliphatic rings. The third kappa shape index (κ3) is 3.99. The number of benzene rings is 1. The van der Waals surface area contributed by atoms with Gasteiger partial charge in [0.05, 0.1) is 10.6 Å². The van der Waals surface area contributed by atoms with Crippen LogP contribution in [-0.4, -0.2) is 20.1 Å². The molecule has 0 fully saturated rings. The monoisotopic (exact) mass is 289 g/mol. The zero-order valence-corrected chi connectivity index (χ0v) is 11.7. The maximum Gasteiger partial charge on any atom is 0.217 e. The fraction of sp³-hybridized carbons (Fsp3) is 0.417. The van der Waals surface area contributed by atoms with Gasteiger partial charge in [0, 0.05) is 11.4 Å². The van der Waals surface area contributed by atoms with E-state index in [0.717, 1.165) is 12.0 Å². The standard InChI is InChI=1S/C12H16ClNO3S/c1-2-9-5-6-10(8-11(9)13)18(16,17)7-3-4-12(14)15/h5-6,8H,2-4,7H2,1H3,(H2,14,15). The first-order valence-corrected chi connectivity index (χ1v) is 7.69. The molecule has 0 aromatic heterocycles. The second-order valence-corrected chi connectivity index (χ2v) is 6.51. The Kier molecular flexibility index (Phi) is 5.16. The quantitative estimate of drug-likeness (QED) is 0.869. The summed E-state index contributed by atoms with van der Waals surface area (Å²) < 4.78 is 23.9. The minimum Gasteiger partial charge on any atom is -0.370 e. The molecule has 0 aliphatic heterocycles. The number of carbonyl (C=O) groups is 1. The summed E-state index contributed by atoms with van der Waals surface area (Å²) in [4.78, 5) is 10.8. The molecule has 0 heterocycles. The van der Waals surface area contributed by atoms with E-state index >= 15 is 0 Å². The summed E-state index contributed by atoms with van der Waals surface area (Å²) in [6.07, 6.45) is 1.05. The molecule has 0 aliphatic carbocycles. The second kappa shape index (κ2) is 6.20. The largest absolute Gasteiger partial charge is 0.370 e. The van der Waals surface area contributed by atoms with Crippen LogP contribution in [0.5, 0.6) is 0 Å². The van der Waals surface area contributed by atoms with Gasteiger partial charge in [-0.15, -0.1) is 0 Å². The van der Waals surface area contributed by atoms with Crippen molar-refractivity contribution in [3.8, 4) is 0 Å². The maximum absolute atomic E-state index is 12.0. The summed E-state index contributed by atoms with van der Waals surface area (Å²) in [5, 5.41) is 0.452. The van der Waals surface area contributed by atoms with Crippen LogP contribution in [0, 0.1) is 0 Å². The Bertz CT molecular complexity index is 540. The fourth-order valence-corrected chi connectivity index (χ4v) is 3.27. The number of aryl methyl sites for hydroxylation is 1. The first kappa shape index (κ1) is 15.0. The van der Waals surface area contributed by atoms with E-state index in [1.807, 2.05) is 6.92 Å². The number of primary amides is 1. The maximum atomic E-state index is 12.0. The number of sulfone groups is 1. The summed E-state index contributed by atoms with van der Waals surface area (Å²) in [6.45, 7) is 1.95. The Morgan fingerprint density at radius 1 is 1.39 bits per heavy atom. The van der Waals surface area contributed by atoms with Crippen LogP contribution in [-0.2, 0) is 21.1 Å². The van der Waals surface area contributed by atoms with E-state index in [1.165, 1.54) is 6.07 Å². The third-order valence-electron chi connectivity index (χ3n) is 2.60. The number of nitrogens with two attached hydrogens (primary N) is 1. The van der Waals surface area contributed by atoms with Crippen molar-refractivity contribution in [2.75, 3.05) is 5.75 Å². The van der Waals surface area contributed by atoms with E-state index in [-0.39, 0.29) is 23.5 Å². The van der Waals surface area contributed by atoms with E-state index in [2.05, 4.69) is 0 Å². The summed E-state index contributed by atoms with van der Waals surface area (Å²) >= 11 is 5.98. The lowest BCUT2D eigenvalue weighted by atomic mass is 10.2. The van der Waals surface area contributed by atoms with Gasteiger partial charge in [-0.05, 0) is 30.5 Å². The molecule has 0 bridgehead atoms. The van der Waals surface area contributed by atoms with Crippen molar-refractivity contribution in [1.29, 1.82) is 0 Å². The van der Waals surface area contributed by atoms with Crippen molar-refractivity contribution in [3.63, 3.8) is 0 Å². The van der Waals surface area contributed by atoms with Gasteiger partial charge in [0.2, 0.25) is 5.91 Å². The van der Waals surface area contributed by atoms with Gasteiger partial charge >= 0.3 is 0 Å². The molecule has 0 unspecified atom stereocenters. The molecule has 100 valence electrons. The van der Waals surface area contributed by atoms with Gasteiger partial charge in [0.25, 0.3) is 0 Å². The first-order valence-electron chi connectivity index (χ1n) is 5.66. The van der Waals surface area contributed by atoms with Crippen molar-refractivity contribution in [2.45, 2.75) is 31.1 Å². The van der Waals surface area contributed by atoms with Gasteiger partial charge in [-0.1, -0.05) is 24.6 Å². The molecule has 1 aromatic rings. The predicted octanol–water partition coefficient (Wildman–Crippen LogP) is 1.94. The molecule has 1 amide bonds. The summed E-state index contributed by atoms with van der Waals surface area (Å²) in [7, 11) is -3.40. The molecule has 4 nitrogen and oxygen atoms in total. The van der Waals surface area contributed by atoms with Gasteiger partial charge in [-0.25, -0.2) is 8.42 Å². The molecule has 0 radical (unpaired) electrons. The topological polar surface area (TPSA) is 77.2 Å². The molecule has 6 heteroatoms. The van der Waals surface area contributed by atoms with Crippen LogP contribution < -0.4 is 5.73 Å². The second-order valence-electron chi connectivity index (χ2n) is 4.00. The lowest BCUT2D eigenvalue weighted by Gasteiger charge is -2.06. The number of hydrogen-bond acceptors (Lipinski definition) is 3. The highest BCUT2D eigenvalue weighted by molar-refractivity contribution is 7.91. The Morgan fingerprint density at radius 2 is 2.06 bits per heavy atom. The van der Waals surface area contributed by atoms with Gasteiger partial charge < -0.3 is 5.73 Å². The average molecular weight is 290 g/mol. The third-order valence-corrected chi connectivity index (χ3v) is 4.75. The van der Waals surface area contributed by atoms with Gasteiger partial charge in [0.1, 0.15) is 0 Å². The molecule has 0 spiro atoms. The zero-order chi connectivity index (χ0) is 13.8. The van der Waals surface area contributed by atoms with Crippen molar-refractivity contribution < 1.29 is 13.2 Å². The lowest BCUT2D eigenvalue weighted by molar-refractivity contribution is -0.118. The Labute approximate surface area is 112 Å². The zero-order valence-electron chi connectivity index (χ0n) is 10.1. The highest BCUT2D eigenvalue weighted by Crippen LogP contribution is 2.22. The highest BCUT2D eigenvalue weighted by atomic mass is 35.5. The summed E-state index contributed by atoms with van der Waals surface area (Å²) in [6, 6.07) is 4.72. The fourth-order valence-electron chi connectivity index (χ4n) is 1.56. The van der Waals surface area contributed by atoms with E-state index in [4.69, 9.17) is 17.3 Å². The van der Waals surface area contributed by atoms with Crippen LogP contribution in [0.3, 0.4) is 0 Å². The summed E-state index contributed by atoms with van der Waals surface area (Å²) in [5.41, 5.74) is 5.88. The smallest absolute Gasteiger partial charge is 0.217 e. The molecule has 0 atom stereocenters. The van der Waals surface area contributed by atoms with Crippen LogP contribution in [0.25, 0.3) is 0 Å². The van der Waals surface area contributed by atoms with Crippen molar-refractivity contribution in [1.82, 2.24) is 0 Å². The van der Waals surface area contributed by atoms with E-state index in [1.54, 1.807) is 12.1 Å². The number of carbonyl (C=O) groups excluding carboxylic acids is 1. The summed E-state index contributed by atoms with van der Waals surface area (Å²) in [5.74, 6) is -0.595. The van der Waals surface area contributed by atoms with Crippen LogP contribution in [0.15, 0.2) is 23.1 Å². The van der Waals surface area contributed by atoms with E-state index in [9.17, 15) is 13.2 Å². The van der Waals surface area contributed by atoms with Crippen LogP contribution in [0.4, 0.5) is 0 Å². The molecule has 18 heavy (non-hydrogen) atoms. The number of rotatable bonds is 6. The van der Waals surface area contributed by atoms with Gasteiger partial charge in [0.15, 0.2) is 9.84 Å². The van der Waals surface area contributed by atoms with Crippen molar-refractivity contribution >= 4 is 27.3 Å². The molecular formula is C12H16ClNO3S. The highest BCUT2D eigenvalue weighted by Gasteiger charge is 2.15. The number of hydrogen-bond donors (Lipinski definition) is 1. The average Bonchev–Trinajstić information content (AvgIpc) is 2.28.